The second kappa shape index (κ2) is 9.96. The minimum absolute atomic E-state index is 0.0623. The van der Waals surface area contributed by atoms with Crippen molar-refractivity contribution in [1.82, 2.24) is 5.32 Å². The van der Waals surface area contributed by atoms with Crippen LogP contribution in [0.3, 0.4) is 0 Å². The van der Waals surface area contributed by atoms with E-state index in [2.05, 4.69) is 38.7 Å². The van der Waals surface area contributed by atoms with Crippen molar-refractivity contribution >= 4 is 33.4 Å². The minimum Gasteiger partial charge on any atom is -0.381 e. The number of benzene rings is 2. The molecule has 0 unspecified atom stereocenters. The maximum atomic E-state index is 13.2. The van der Waals surface area contributed by atoms with Crippen LogP contribution in [0.1, 0.15) is 60.9 Å². The predicted octanol–water partition coefficient (Wildman–Crippen LogP) is 5.40. The molecule has 31 heavy (non-hydrogen) atoms. The van der Waals surface area contributed by atoms with E-state index in [9.17, 15) is 9.59 Å². The Hall–Kier alpha value is -2.18. The molecule has 4 rings (SSSR count). The van der Waals surface area contributed by atoms with Crippen molar-refractivity contribution in [1.29, 1.82) is 0 Å². The van der Waals surface area contributed by atoms with Gasteiger partial charge in [-0.25, -0.2) is 0 Å². The van der Waals surface area contributed by atoms with Gasteiger partial charge in [0.2, 0.25) is 5.91 Å². The molecule has 1 heterocycles. The average Bonchev–Trinajstić information content (AvgIpc) is 2.80. The molecule has 1 saturated heterocycles. The molecule has 0 atom stereocenters. The standard InChI is InChI=1S/C25H29BrN2O3/c26-21-10-5-9-20(17-21)25(12-14-31-15-13-25)28-24(30)19-8-4-11-22(16-19)27-23(29)18-6-2-1-3-7-18/h4-5,8-11,16-18H,1-3,6-7,12-15H2,(H,27,29)(H,28,30). The summed E-state index contributed by atoms with van der Waals surface area (Å²) in [5.74, 6) is -0.00352. The van der Waals surface area contributed by atoms with Gasteiger partial charge in [-0.1, -0.05) is 53.4 Å². The molecule has 0 radical (unpaired) electrons. The molecule has 2 aromatic rings. The lowest BCUT2D eigenvalue weighted by Gasteiger charge is -2.38. The van der Waals surface area contributed by atoms with Crippen LogP contribution in [0.2, 0.25) is 0 Å². The first-order valence-corrected chi connectivity index (χ1v) is 11.9. The molecular formula is C25H29BrN2O3. The molecular weight excluding hydrogens is 456 g/mol. The fraction of sp³-hybridized carbons (Fsp3) is 0.440. The monoisotopic (exact) mass is 484 g/mol. The molecule has 1 aliphatic heterocycles. The fourth-order valence-electron chi connectivity index (χ4n) is 4.63. The van der Waals surface area contributed by atoms with Crippen LogP contribution in [-0.2, 0) is 15.1 Å². The number of ether oxygens (including phenoxy) is 1. The predicted molar refractivity (Wildman–Crippen MR) is 125 cm³/mol. The lowest BCUT2D eigenvalue weighted by atomic mass is 9.82. The molecule has 2 aliphatic rings. The van der Waals surface area contributed by atoms with Gasteiger partial charge in [-0.15, -0.1) is 0 Å². The van der Waals surface area contributed by atoms with Gasteiger partial charge in [-0.05, 0) is 61.6 Å². The Morgan fingerprint density at radius 2 is 1.71 bits per heavy atom. The maximum absolute atomic E-state index is 13.2. The topological polar surface area (TPSA) is 67.4 Å². The number of hydrogen-bond donors (Lipinski definition) is 2. The molecule has 0 spiro atoms. The minimum atomic E-state index is -0.472. The fourth-order valence-corrected chi connectivity index (χ4v) is 5.03. The van der Waals surface area contributed by atoms with E-state index in [1.165, 1.54) is 6.42 Å². The molecule has 1 saturated carbocycles. The van der Waals surface area contributed by atoms with Gasteiger partial charge in [0.1, 0.15) is 0 Å². The third-order valence-corrected chi connectivity index (χ3v) is 6.94. The van der Waals surface area contributed by atoms with E-state index in [1.807, 2.05) is 24.3 Å². The first-order chi connectivity index (χ1) is 15.1. The summed E-state index contributed by atoms with van der Waals surface area (Å²) in [6, 6.07) is 15.3. The van der Waals surface area contributed by atoms with Crippen molar-refractivity contribution in [3.63, 3.8) is 0 Å². The highest BCUT2D eigenvalue weighted by atomic mass is 79.9. The highest BCUT2D eigenvalue weighted by Crippen LogP contribution is 2.34. The zero-order valence-electron chi connectivity index (χ0n) is 17.7. The molecule has 2 N–H and O–H groups in total. The Bertz CT molecular complexity index is 934. The number of amides is 2. The Morgan fingerprint density at radius 3 is 2.45 bits per heavy atom. The smallest absolute Gasteiger partial charge is 0.252 e. The van der Waals surface area contributed by atoms with Crippen LogP contribution in [0, 0.1) is 5.92 Å². The van der Waals surface area contributed by atoms with Crippen LogP contribution in [0.5, 0.6) is 0 Å². The van der Waals surface area contributed by atoms with E-state index in [-0.39, 0.29) is 17.7 Å². The van der Waals surface area contributed by atoms with E-state index in [0.717, 1.165) is 35.7 Å². The van der Waals surface area contributed by atoms with Crippen molar-refractivity contribution in [2.75, 3.05) is 18.5 Å². The van der Waals surface area contributed by atoms with Crippen molar-refractivity contribution in [2.24, 2.45) is 5.92 Å². The van der Waals surface area contributed by atoms with Gasteiger partial charge in [-0.3, -0.25) is 9.59 Å². The third-order valence-electron chi connectivity index (χ3n) is 6.44. The van der Waals surface area contributed by atoms with Gasteiger partial charge in [0, 0.05) is 34.9 Å². The van der Waals surface area contributed by atoms with Crippen LogP contribution in [-0.4, -0.2) is 25.0 Å². The lowest BCUT2D eigenvalue weighted by Crippen LogP contribution is -2.49. The SMILES string of the molecule is O=C(NC1(c2cccc(Br)c2)CCOCC1)c1cccc(NC(=O)C2CCCCC2)c1. The number of halogens is 1. The molecule has 164 valence electrons. The van der Waals surface area contributed by atoms with Gasteiger partial charge in [0.05, 0.1) is 5.54 Å². The van der Waals surface area contributed by atoms with Gasteiger partial charge in [0.15, 0.2) is 0 Å². The quantitative estimate of drug-likeness (QED) is 0.596. The average molecular weight is 485 g/mol. The summed E-state index contributed by atoms with van der Waals surface area (Å²) in [6.07, 6.45) is 6.77. The molecule has 0 aromatic heterocycles. The van der Waals surface area contributed by atoms with Crippen molar-refractivity contribution < 1.29 is 14.3 Å². The normalized spacial score (nSPS) is 18.9. The Labute approximate surface area is 192 Å². The molecule has 5 nitrogen and oxygen atoms in total. The van der Waals surface area contributed by atoms with Crippen molar-refractivity contribution in [3.05, 3.63) is 64.1 Å². The van der Waals surface area contributed by atoms with E-state index in [4.69, 9.17) is 4.74 Å². The van der Waals surface area contributed by atoms with Gasteiger partial charge >= 0.3 is 0 Å². The van der Waals surface area contributed by atoms with Crippen LogP contribution >= 0.6 is 15.9 Å². The van der Waals surface area contributed by atoms with Gasteiger partial charge in [0.25, 0.3) is 5.91 Å². The van der Waals surface area contributed by atoms with E-state index in [0.29, 0.717) is 37.3 Å². The number of hydrogen-bond acceptors (Lipinski definition) is 3. The number of nitrogens with one attached hydrogen (secondary N) is 2. The first kappa shape index (κ1) is 22.0. The summed E-state index contributed by atoms with van der Waals surface area (Å²) in [5, 5.41) is 6.30. The zero-order chi connectivity index (χ0) is 21.7. The summed E-state index contributed by atoms with van der Waals surface area (Å²) in [5.41, 5.74) is 1.81. The molecule has 2 aromatic carbocycles. The van der Waals surface area contributed by atoms with E-state index >= 15 is 0 Å². The lowest BCUT2D eigenvalue weighted by molar-refractivity contribution is -0.120. The van der Waals surface area contributed by atoms with Crippen LogP contribution in [0.4, 0.5) is 5.69 Å². The number of carbonyl (C=O) groups excluding carboxylic acids is 2. The highest BCUT2D eigenvalue weighted by molar-refractivity contribution is 9.10. The Morgan fingerprint density at radius 1 is 0.968 bits per heavy atom. The van der Waals surface area contributed by atoms with Crippen LogP contribution < -0.4 is 10.6 Å². The summed E-state index contributed by atoms with van der Waals surface area (Å²) in [6.45, 7) is 1.20. The summed E-state index contributed by atoms with van der Waals surface area (Å²) >= 11 is 3.55. The van der Waals surface area contributed by atoms with E-state index in [1.54, 1.807) is 12.1 Å². The highest BCUT2D eigenvalue weighted by Gasteiger charge is 2.36. The number of carbonyl (C=O) groups is 2. The zero-order valence-corrected chi connectivity index (χ0v) is 19.2. The summed E-state index contributed by atoms with van der Waals surface area (Å²) < 4.78 is 6.56. The molecule has 1 aliphatic carbocycles. The largest absolute Gasteiger partial charge is 0.381 e. The Balaban J connectivity index is 1.50. The Kier molecular flexibility index (Phi) is 7.08. The van der Waals surface area contributed by atoms with Crippen molar-refractivity contribution in [2.45, 2.75) is 50.5 Å². The van der Waals surface area contributed by atoms with Gasteiger partial charge in [-0.2, -0.15) is 0 Å². The second-order valence-electron chi connectivity index (χ2n) is 8.56. The molecule has 2 fully saturated rings. The first-order valence-electron chi connectivity index (χ1n) is 11.1. The van der Waals surface area contributed by atoms with E-state index < -0.39 is 5.54 Å². The van der Waals surface area contributed by atoms with Gasteiger partial charge < -0.3 is 15.4 Å². The molecule has 2 amide bonds. The summed E-state index contributed by atoms with van der Waals surface area (Å²) in [7, 11) is 0. The van der Waals surface area contributed by atoms with Crippen LogP contribution in [0.25, 0.3) is 0 Å². The molecule has 0 bridgehead atoms. The maximum Gasteiger partial charge on any atom is 0.252 e. The second-order valence-corrected chi connectivity index (χ2v) is 9.48. The number of anilines is 1. The third kappa shape index (κ3) is 5.36. The van der Waals surface area contributed by atoms with Crippen molar-refractivity contribution in [3.8, 4) is 0 Å². The molecule has 6 heteroatoms. The number of rotatable bonds is 5. The summed E-state index contributed by atoms with van der Waals surface area (Å²) in [4.78, 5) is 25.8. The van der Waals surface area contributed by atoms with Crippen LogP contribution in [0.15, 0.2) is 53.0 Å².